The molecule has 2 N–H and O–H groups in total. The summed E-state index contributed by atoms with van der Waals surface area (Å²) in [6.45, 7) is 3.80. The molecule has 2 aromatic rings. The second-order valence-electron chi connectivity index (χ2n) is 4.63. The van der Waals surface area contributed by atoms with Crippen LogP contribution in [-0.4, -0.2) is 6.04 Å². The zero-order valence-corrected chi connectivity index (χ0v) is 13.0. The summed E-state index contributed by atoms with van der Waals surface area (Å²) in [5.74, 6) is 1.11. The Morgan fingerprint density at radius 1 is 1.35 bits per heavy atom. The molecular weight excluding hydrogens is 325 g/mol. The van der Waals surface area contributed by atoms with Crippen LogP contribution >= 0.6 is 15.9 Å². The van der Waals surface area contributed by atoms with E-state index in [1.165, 1.54) is 6.07 Å². The first-order valence-corrected chi connectivity index (χ1v) is 7.24. The molecule has 2 unspecified atom stereocenters. The Hall–Kier alpha value is -1.33. The van der Waals surface area contributed by atoms with Gasteiger partial charge in [0.25, 0.3) is 0 Å². The standard InChI is InChI=1S/C15H17BrFNO2/c1-3-12(18)15(13-7-4-9(2)19-13)20-14-8-10(16)5-6-11(14)17/h4-8,12,15H,3,18H2,1-2H3. The van der Waals surface area contributed by atoms with Gasteiger partial charge in [-0.2, -0.15) is 0 Å². The molecule has 1 aromatic heterocycles. The zero-order valence-electron chi connectivity index (χ0n) is 11.4. The maximum absolute atomic E-state index is 13.8. The van der Waals surface area contributed by atoms with Crippen molar-refractivity contribution in [2.75, 3.05) is 0 Å². The first-order valence-electron chi connectivity index (χ1n) is 6.45. The van der Waals surface area contributed by atoms with Crippen LogP contribution in [0, 0.1) is 12.7 Å². The normalized spacial score (nSPS) is 14.1. The third-order valence-corrected chi connectivity index (χ3v) is 3.54. The average molecular weight is 342 g/mol. The fourth-order valence-corrected chi connectivity index (χ4v) is 2.22. The average Bonchev–Trinajstić information content (AvgIpc) is 2.85. The number of furan rings is 1. The maximum atomic E-state index is 13.8. The zero-order chi connectivity index (χ0) is 14.7. The number of halogens is 2. The fraction of sp³-hybridized carbons (Fsp3) is 0.333. The van der Waals surface area contributed by atoms with E-state index in [1.807, 2.05) is 26.0 Å². The van der Waals surface area contributed by atoms with E-state index in [9.17, 15) is 4.39 Å². The number of nitrogens with two attached hydrogens (primary N) is 1. The maximum Gasteiger partial charge on any atom is 0.171 e. The second-order valence-corrected chi connectivity index (χ2v) is 5.55. The summed E-state index contributed by atoms with van der Waals surface area (Å²) in [6.07, 6.45) is 0.178. The van der Waals surface area contributed by atoms with Crippen LogP contribution in [-0.2, 0) is 0 Å². The minimum absolute atomic E-state index is 0.155. The highest BCUT2D eigenvalue weighted by atomic mass is 79.9. The number of hydrogen-bond acceptors (Lipinski definition) is 3. The molecule has 3 nitrogen and oxygen atoms in total. The minimum atomic E-state index is -0.516. The molecule has 0 saturated carbocycles. The van der Waals surface area contributed by atoms with Gasteiger partial charge in [-0.3, -0.25) is 0 Å². The minimum Gasteiger partial charge on any atom is -0.478 e. The van der Waals surface area contributed by atoms with E-state index < -0.39 is 11.9 Å². The summed E-state index contributed by atoms with van der Waals surface area (Å²) in [5.41, 5.74) is 6.08. The molecule has 2 rings (SSSR count). The van der Waals surface area contributed by atoms with E-state index in [0.717, 1.165) is 10.2 Å². The molecule has 1 heterocycles. The summed E-state index contributed by atoms with van der Waals surface area (Å²) < 4.78 is 25.9. The lowest BCUT2D eigenvalue weighted by molar-refractivity contribution is 0.137. The molecule has 20 heavy (non-hydrogen) atoms. The summed E-state index contributed by atoms with van der Waals surface area (Å²) in [7, 11) is 0. The fourth-order valence-electron chi connectivity index (χ4n) is 1.88. The molecule has 1 aromatic carbocycles. The Bertz CT molecular complexity index is 585. The molecule has 0 fully saturated rings. The molecule has 0 aliphatic rings. The number of hydrogen-bond donors (Lipinski definition) is 1. The SMILES string of the molecule is CCC(N)C(Oc1cc(Br)ccc1F)c1ccc(C)o1. The van der Waals surface area contributed by atoms with Crippen molar-refractivity contribution in [2.45, 2.75) is 32.4 Å². The summed E-state index contributed by atoms with van der Waals surface area (Å²) >= 11 is 3.30. The topological polar surface area (TPSA) is 48.4 Å². The lowest BCUT2D eigenvalue weighted by Gasteiger charge is -2.22. The van der Waals surface area contributed by atoms with Crippen molar-refractivity contribution in [3.8, 4) is 5.75 Å². The predicted octanol–water partition coefficient (Wildman–Crippen LogP) is 4.35. The van der Waals surface area contributed by atoms with Gasteiger partial charge in [0.15, 0.2) is 17.7 Å². The van der Waals surface area contributed by atoms with Gasteiger partial charge in [0.2, 0.25) is 0 Å². The van der Waals surface area contributed by atoms with Gasteiger partial charge in [-0.15, -0.1) is 0 Å². The summed E-state index contributed by atoms with van der Waals surface area (Å²) in [6, 6.07) is 7.92. The van der Waals surface area contributed by atoms with Crippen LogP contribution in [0.5, 0.6) is 5.75 Å². The van der Waals surface area contributed by atoms with E-state index >= 15 is 0 Å². The number of rotatable bonds is 5. The third-order valence-electron chi connectivity index (χ3n) is 3.05. The quantitative estimate of drug-likeness (QED) is 0.879. The molecular formula is C15H17BrFNO2. The highest BCUT2D eigenvalue weighted by Gasteiger charge is 2.25. The molecule has 0 radical (unpaired) electrons. The van der Waals surface area contributed by atoms with Gasteiger partial charge in [0.1, 0.15) is 11.5 Å². The molecule has 0 aliphatic carbocycles. The van der Waals surface area contributed by atoms with Gasteiger partial charge in [-0.1, -0.05) is 22.9 Å². The number of aryl methyl sites for hydroxylation is 1. The molecule has 0 amide bonds. The van der Waals surface area contributed by atoms with Crippen molar-refractivity contribution in [2.24, 2.45) is 5.73 Å². The van der Waals surface area contributed by atoms with Crippen LogP contribution in [0.4, 0.5) is 4.39 Å². The Labute approximate surface area is 126 Å². The molecule has 0 saturated heterocycles. The van der Waals surface area contributed by atoms with Gasteiger partial charge in [-0.05, 0) is 43.7 Å². The Morgan fingerprint density at radius 2 is 2.10 bits per heavy atom. The summed E-state index contributed by atoms with van der Waals surface area (Å²) in [5, 5.41) is 0. The van der Waals surface area contributed by atoms with Crippen LogP contribution in [0.25, 0.3) is 0 Å². The molecule has 5 heteroatoms. The van der Waals surface area contributed by atoms with E-state index in [1.54, 1.807) is 12.1 Å². The lowest BCUT2D eigenvalue weighted by Crippen LogP contribution is -2.31. The molecule has 108 valence electrons. The Morgan fingerprint density at radius 3 is 2.70 bits per heavy atom. The second kappa shape index (κ2) is 6.41. The first kappa shape index (κ1) is 15.1. The van der Waals surface area contributed by atoms with E-state index in [4.69, 9.17) is 14.9 Å². The van der Waals surface area contributed by atoms with Crippen LogP contribution < -0.4 is 10.5 Å². The smallest absolute Gasteiger partial charge is 0.171 e. The van der Waals surface area contributed by atoms with Crippen molar-refractivity contribution in [1.29, 1.82) is 0 Å². The van der Waals surface area contributed by atoms with Gasteiger partial charge in [0.05, 0.1) is 0 Å². The van der Waals surface area contributed by atoms with Crippen molar-refractivity contribution in [3.63, 3.8) is 0 Å². The molecule has 0 spiro atoms. The van der Waals surface area contributed by atoms with Crippen molar-refractivity contribution < 1.29 is 13.5 Å². The van der Waals surface area contributed by atoms with E-state index in [-0.39, 0.29) is 11.8 Å². The summed E-state index contributed by atoms with van der Waals surface area (Å²) in [4.78, 5) is 0. The van der Waals surface area contributed by atoms with Crippen molar-refractivity contribution in [3.05, 3.63) is 52.1 Å². The number of benzene rings is 1. The van der Waals surface area contributed by atoms with Crippen LogP contribution in [0.1, 0.15) is 31.0 Å². The van der Waals surface area contributed by atoms with Gasteiger partial charge in [-0.25, -0.2) is 4.39 Å². The van der Waals surface area contributed by atoms with Crippen LogP contribution in [0.3, 0.4) is 0 Å². The Kier molecular flexibility index (Phi) is 4.83. The van der Waals surface area contributed by atoms with Crippen LogP contribution in [0.15, 0.2) is 39.2 Å². The van der Waals surface area contributed by atoms with Gasteiger partial charge in [0, 0.05) is 10.5 Å². The van der Waals surface area contributed by atoms with E-state index in [2.05, 4.69) is 15.9 Å². The number of ether oxygens (including phenoxy) is 1. The highest BCUT2D eigenvalue weighted by Crippen LogP contribution is 2.30. The van der Waals surface area contributed by atoms with Gasteiger partial charge >= 0.3 is 0 Å². The highest BCUT2D eigenvalue weighted by molar-refractivity contribution is 9.10. The van der Waals surface area contributed by atoms with Gasteiger partial charge < -0.3 is 14.9 Å². The first-order chi connectivity index (χ1) is 9.51. The lowest BCUT2D eigenvalue weighted by atomic mass is 10.1. The monoisotopic (exact) mass is 341 g/mol. The molecule has 0 aliphatic heterocycles. The van der Waals surface area contributed by atoms with Crippen LogP contribution in [0.2, 0.25) is 0 Å². The molecule has 2 atom stereocenters. The van der Waals surface area contributed by atoms with Crippen molar-refractivity contribution in [1.82, 2.24) is 0 Å². The third kappa shape index (κ3) is 3.41. The van der Waals surface area contributed by atoms with E-state index in [0.29, 0.717) is 12.2 Å². The van der Waals surface area contributed by atoms with Crippen molar-refractivity contribution >= 4 is 15.9 Å². The largest absolute Gasteiger partial charge is 0.478 e. The predicted molar refractivity (Wildman–Crippen MR) is 79.2 cm³/mol. The Balaban J connectivity index is 2.30. The molecule has 0 bridgehead atoms.